The van der Waals surface area contributed by atoms with Crippen LogP contribution in [-0.2, 0) is 16.0 Å². The third kappa shape index (κ3) is 4.74. The molecule has 9 heteroatoms. The minimum atomic E-state index is -4.78. The van der Waals surface area contributed by atoms with Crippen molar-refractivity contribution in [2.24, 2.45) is 5.41 Å². The van der Waals surface area contributed by atoms with Crippen LogP contribution in [0.4, 0.5) is 17.6 Å². The molecule has 0 aliphatic carbocycles. The smallest absolute Gasteiger partial charge is 0.419 e. The van der Waals surface area contributed by atoms with E-state index in [0.29, 0.717) is 12.6 Å². The fourth-order valence-corrected chi connectivity index (χ4v) is 6.40. The van der Waals surface area contributed by atoms with E-state index in [1.165, 1.54) is 6.07 Å². The van der Waals surface area contributed by atoms with Crippen LogP contribution in [0.3, 0.4) is 0 Å². The molecule has 1 aromatic rings. The number of rotatable bonds is 4. The van der Waals surface area contributed by atoms with E-state index in [0.717, 1.165) is 32.0 Å². The van der Waals surface area contributed by atoms with Crippen LogP contribution in [0.25, 0.3) is 0 Å². The second-order valence-corrected chi connectivity index (χ2v) is 10.4. The molecule has 0 atom stereocenters. The molecule has 0 radical (unpaired) electrons. The molecule has 1 aromatic carbocycles. The Morgan fingerprint density at radius 3 is 2.26 bits per heavy atom. The van der Waals surface area contributed by atoms with Gasteiger partial charge in [0.15, 0.2) is 9.84 Å². The van der Waals surface area contributed by atoms with Gasteiger partial charge in [-0.05, 0) is 58.0 Å². The van der Waals surface area contributed by atoms with Gasteiger partial charge in [-0.25, -0.2) is 12.8 Å². The topological polar surface area (TPSA) is 46.6 Å². The van der Waals surface area contributed by atoms with Crippen molar-refractivity contribution in [2.75, 3.05) is 31.1 Å². The number of benzene rings is 1. The third-order valence-electron chi connectivity index (χ3n) is 5.21. The Kier molecular flexibility index (Phi) is 5.00. The predicted molar refractivity (Wildman–Crippen MR) is 92.9 cm³/mol. The molecule has 0 saturated carbocycles. The van der Waals surface area contributed by atoms with Gasteiger partial charge in [0.1, 0.15) is 17.2 Å². The van der Waals surface area contributed by atoms with Gasteiger partial charge in [0.2, 0.25) is 0 Å². The predicted octanol–water partition coefficient (Wildman–Crippen LogP) is 3.51. The fourth-order valence-electron chi connectivity index (χ4n) is 4.04. The molecule has 2 saturated heterocycles. The molecular formula is C18H23F4NO3S. The van der Waals surface area contributed by atoms with Gasteiger partial charge in [-0.1, -0.05) is 0 Å². The van der Waals surface area contributed by atoms with Gasteiger partial charge in [-0.15, -0.1) is 0 Å². The summed E-state index contributed by atoms with van der Waals surface area (Å²) in [6, 6.07) is 2.63. The molecule has 0 aromatic heterocycles. The van der Waals surface area contributed by atoms with Crippen LogP contribution in [0.2, 0.25) is 0 Å². The van der Waals surface area contributed by atoms with E-state index in [4.69, 9.17) is 4.74 Å². The lowest BCUT2D eigenvalue weighted by atomic mass is 9.81. The zero-order valence-electron chi connectivity index (χ0n) is 15.3. The number of hydrogen-bond donors (Lipinski definition) is 0. The van der Waals surface area contributed by atoms with E-state index >= 15 is 0 Å². The summed E-state index contributed by atoms with van der Waals surface area (Å²) < 4.78 is 80.6. The number of hydrogen-bond acceptors (Lipinski definition) is 4. The highest BCUT2D eigenvalue weighted by atomic mass is 32.2. The minimum Gasteiger partial charge on any atom is -0.487 e. The Labute approximate surface area is 156 Å². The average Bonchev–Trinajstić information content (AvgIpc) is 2.48. The molecule has 0 unspecified atom stereocenters. The molecule has 2 heterocycles. The number of likely N-dealkylation sites (tertiary alicyclic amines) is 1. The first kappa shape index (κ1) is 20.4. The molecule has 1 spiro atoms. The van der Waals surface area contributed by atoms with Crippen molar-refractivity contribution >= 4 is 9.84 Å². The molecule has 152 valence electrons. The van der Waals surface area contributed by atoms with E-state index in [1.807, 2.05) is 0 Å². The molecule has 4 nitrogen and oxygen atoms in total. The van der Waals surface area contributed by atoms with Crippen molar-refractivity contribution in [1.29, 1.82) is 0 Å². The van der Waals surface area contributed by atoms with Crippen molar-refractivity contribution < 1.29 is 30.7 Å². The second kappa shape index (κ2) is 6.62. The number of halogens is 4. The van der Waals surface area contributed by atoms with Crippen molar-refractivity contribution in [3.05, 3.63) is 29.6 Å². The van der Waals surface area contributed by atoms with E-state index in [-0.39, 0.29) is 22.7 Å². The lowest BCUT2D eigenvalue weighted by Gasteiger charge is -2.48. The Bertz CT molecular complexity index is 798. The van der Waals surface area contributed by atoms with E-state index in [1.54, 1.807) is 13.8 Å². The second-order valence-electron chi connectivity index (χ2n) is 8.31. The first-order valence-corrected chi connectivity index (χ1v) is 10.6. The summed E-state index contributed by atoms with van der Waals surface area (Å²) in [5.74, 6) is -0.857. The van der Waals surface area contributed by atoms with Crippen molar-refractivity contribution in [2.45, 2.75) is 38.5 Å². The number of sulfone groups is 1. The van der Waals surface area contributed by atoms with Crippen LogP contribution in [0, 0.1) is 11.2 Å². The molecule has 2 aliphatic heterocycles. The maximum Gasteiger partial charge on any atom is 0.419 e. The van der Waals surface area contributed by atoms with Crippen LogP contribution < -0.4 is 4.74 Å². The quantitative estimate of drug-likeness (QED) is 0.714. The standard InChI is InChI=1S/C18H23F4NO3S/c1-16(2,26-13-3-4-15(19)14(9-13)18(20,21)22)10-23-7-5-17(6-8-23)11-27(24,25)12-17/h3-4,9H,5-8,10-12H2,1-2H3. The molecule has 0 amide bonds. The van der Waals surface area contributed by atoms with E-state index in [2.05, 4.69) is 4.90 Å². The maximum absolute atomic E-state index is 13.4. The van der Waals surface area contributed by atoms with Gasteiger partial charge < -0.3 is 4.74 Å². The Morgan fingerprint density at radius 2 is 1.74 bits per heavy atom. The molecular weight excluding hydrogens is 386 g/mol. The maximum atomic E-state index is 13.4. The Balaban J connectivity index is 1.60. The van der Waals surface area contributed by atoms with E-state index < -0.39 is 33.0 Å². The lowest BCUT2D eigenvalue weighted by Crippen LogP contribution is -2.56. The first-order chi connectivity index (χ1) is 12.3. The van der Waals surface area contributed by atoms with Crippen molar-refractivity contribution in [1.82, 2.24) is 4.90 Å². The molecule has 2 fully saturated rings. The average molecular weight is 409 g/mol. The number of alkyl halides is 3. The summed E-state index contributed by atoms with van der Waals surface area (Å²) in [5.41, 5.74) is -2.22. The number of piperidine rings is 1. The normalized spacial score (nSPS) is 22.4. The third-order valence-corrected chi connectivity index (χ3v) is 7.32. The molecule has 3 rings (SSSR count). The summed E-state index contributed by atoms with van der Waals surface area (Å²) in [4.78, 5) is 2.13. The SMILES string of the molecule is CC(C)(CN1CCC2(CC1)CS(=O)(=O)C2)Oc1ccc(F)c(C(F)(F)F)c1. The zero-order valence-corrected chi connectivity index (χ0v) is 16.1. The van der Waals surface area contributed by atoms with Crippen LogP contribution in [0.1, 0.15) is 32.3 Å². The monoisotopic (exact) mass is 409 g/mol. The van der Waals surface area contributed by atoms with E-state index in [9.17, 15) is 26.0 Å². The summed E-state index contributed by atoms with van der Waals surface area (Å²) in [7, 11) is -2.87. The fraction of sp³-hybridized carbons (Fsp3) is 0.667. The number of nitrogens with zero attached hydrogens (tertiary/aromatic N) is 1. The largest absolute Gasteiger partial charge is 0.487 e. The van der Waals surface area contributed by atoms with Gasteiger partial charge in [0, 0.05) is 12.0 Å². The van der Waals surface area contributed by atoms with Gasteiger partial charge in [-0.3, -0.25) is 4.90 Å². The highest BCUT2D eigenvalue weighted by Gasteiger charge is 2.49. The van der Waals surface area contributed by atoms with Gasteiger partial charge >= 0.3 is 6.18 Å². The van der Waals surface area contributed by atoms with Crippen LogP contribution in [-0.4, -0.2) is 50.1 Å². The van der Waals surface area contributed by atoms with Crippen molar-refractivity contribution in [3.63, 3.8) is 0 Å². The molecule has 27 heavy (non-hydrogen) atoms. The molecule has 0 N–H and O–H groups in total. The highest BCUT2D eigenvalue weighted by Crippen LogP contribution is 2.42. The van der Waals surface area contributed by atoms with Crippen LogP contribution >= 0.6 is 0 Å². The van der Waals surface area contributed by atoms with Crippen LogP contribution in [0.5, 0.6) is 5.75 Å². The number of ether oxygens (including phenoxy) is 1. The first-order valence-electron chi connectivity index (χ1n) is 8.78. The lowest BCUT2D eigenvalue weighted by molar-refractivity contribution is -0.140. The highest BCUT2D eigenvalue weighted by molar-refractivity contribution is 7.92. The van der Waals surface area contributed by atoms with Gasteiger partial charge in [0.05, 0.1) is 17.1 Å². The summed E-state index contributed by atoms with van der Waals surface area (Å²) in [6.07, 6.45) is -3.20. The molecule has 2 aliphatic rings. The summed E-state index contributed by atoms with van der Waals surface area (Å²) >= 11 is 0. The van der Waals surface area contributed by atoms with Crippen LogP contribution in [0.15, 0.2) is 18.2 Å². The zero-order chi connectivity index (χ0) is 20.1. The van der Waals surface area contributed by atoms with Gasteiger partial charge in [0.25, 0.3) is 0 Å². The Hall–Kier alpha value is -1.35. The molecule has 0 bridgehead atoms. The van der Waals surface area contributed by atoms with Crippen molar-refractivity contribution in [3.8, 4) is 5.75 Å². The Morgan fingerprint density at radius 1 is 1.15 bits per heavy atom. The van der Waals surface area contributed by atoms with Gasteiger partial charge in [-0.2, -0.15) is 13.2 Å². The minimum absolute atomic E-state index is 0.0349. The summed E-state index contributed by atoms with van der Waals surface area (Å²) in [5, 5.41) is 0. The summed E-state index contributed by atoms with van der Waals surface area (Å²) in [6.45, 7) is 5.46.